The summed E-state index contributed by atoms with van der Waals surface area (Å²) in [6, 6.07) is 41.5. The van der Waals surface area contributed by atoms with E-state index in [9.17, 15) is 0 Å². The summed E-state index contributed by atoms with van der Waals surface area (Å²) in [4.78, 5) is 4.42. The number of fused-ring (bicyclic) bond motifs is 5. The number of rotatable bonds is 6. The Balaban J connectivity index is 1.35. The first-order valence-electron chi connectivity index (χ1n) is 22.0. The molecule has 6 aromatic carbocycles. The van der Waals surface area contributed by atoms with Gasteiger partial charge in [0.2, 0.25) is 0 Å². The molecule has 0 spiro atoms. The van der Waals surface area contributed by atoms with Crippen molar-refractivity contribution in [1.29, 1.82) is 0 Å². The van der Waals surface area contributed by atoms with Crippen LogP contribution in [0.3, 0.4) is 0 Å². The summed E-state index contributed by atoms with van der Waals surface area (Å²) in [6.45, 7) is 16.4. The van der Waals surface area contributed by atoms with Crippen molar-refractivity contribution in [3.8, 4) is 0 Å². The Morgan fingerprint density at radius 1 is 0.491 bits per heavy atom. The lowest BCUT2D eigenvalue weighted by Crippen LogP contribution is -2.34. The van der Waals surface area contributed by atoms with Gasteiger partial charge in [0, 0.05) is 43.0 Å². The van der Waals surface area contributed by atoms with Gasteiger partial charge in [-0.1, -0.05) is 109 Å². The Kier molecular flexibility index (Phi) is 7.94. The molecule has 0 atom stereocenters. The van der Waals surface area contributed by atoms with E-state index in [0.717, 1.165) is 76.1 Å². The molecule has 1 heterocycles. The highest BCUT2D eigenvalue weighted by molar-refractivity contribution is 6.31. The molecule has 0 radical (unpaired) electrons. The molecular formula is C53H55ClN2O. The van der Waals surface area contributed by atoms with Gasteiger partial charge in [-0.05, 0) is 161 Å². The van der Waals surface area contributed by atoms with Crippen LogP contribution in [0, 0.1) is 6.85 Å². The van der Waals surface area contributed by atoms with Crippen LogP contribution in [0.15, 0.2) is 126 Å². The van der Waals surface area contributed by atoms with Crippen molar-refractivity contribution in [2.24, 2.45) is 0 Å². The fraction of sp³-hybridized carbons (Fsp3) is 0.321. The molecule has 0 amide bonds. The van der Waals surface area contributed by atoms with Crippen LogP contribution in [-0.2, 0) is 21.7 Å². The molecule has 3 nitrogen and oxygen atoms in total. The molecule has 2 aliphatic carbocycles. The number of hydrogen-bond donors (Lipinski definition) is 0. The zero-order valence-corrected chi connectivity index (χ0v) is 35.3. The van der Waals surface area contributed by atoms with Crippen LogP contribution in [0.5, 0.6) is 0 Å². The summed E-state index contributed by atoms with van der Waals surface area (Å²) in [5.74, 6) is 0. The lowest BCUT2D eigenvalue weighted by atomic mass is 9.63. The summed E-state index contributed by atoms with van der Waals surface area (Å²) < 4.78 is 33.1. The van der Waals surface area contributed by atoms with Crippen LogP contribution in [-0.4, -0.2) is 0 Å². The number of furan rings is 1. The van der Waals surface area contributed by atoms with Gasteiger partial charge in [0.15, 0.2) is 0 Å². The standard InChI is InChI=1S/C53H55ClN2O/c1-34-28-39(31-40(29-34)56(36-15-12-14-35(54)30-36)46-17-13-19-48-49(46)41-16-10-11-18-47(41)57-48)55(37-20-22-42-44(32-37)52(6,7)26-24-50(42,2)3)38-21-23-43-45(33-38)53(8,9)27-25-51(43,4)5/h10-23,28-33H,24-27H2,1-9H3/i1D3. The molecule has 2 aliphatic rings. The van der Waals surface area contributed by atoms with Crippen LogP contribution < -0.4 is 9.80 Å². The summed E-state index contributed by atoms with van der Waals surface area (Å²) in [5.41, 5.74) is 12.3. The number of halogens is 1. The third kappa shape index (κ3) is 6.43. The number of nitrogens with zero attached hydrogens (tertiary/aromatic N) is 2. The maximum Gasteiger partial charge on any atom is 0.137 e. The van der Waals surface area contributed by atoms with Gasteiger partial charge in [-0.25, -0.2) is 0 Å². The fourth-order valence-electron chi connectivity index (χ4n) is 9.72. The number of aryl methyl sites for hydroxylation is 1. The monoisotopic (exact) mass is 773 g/mol. The maximum absolute atomic E-state index is 8.92. The molecule has 0 N–H and O–H groups in total. The Bertz CT molecular complexity index is 2730. The van der Waals surface area contributed by atoms with Crippen molar-refractivity contribution < 1.29 is 8.53 Å². The molecule has 0 saturated carbocycles. The molecule has 57 heavy (non-hydrogen) atoms. The van der Waals surface area contributed by atoms with Gasteiger partial charge in [-0.3, -0.25) is 0 Å². The SMILES string of the molecule is [2H]C([2H])([2H])c1cc(N(c2ccc3c(c2)C(C)(C)CCC3(C)C)c2ccc3c(c2)C(C)(C)CCC3(C)C)cc(N(c2cccc(Cl)c2)c2cccc3oc4ccccc4c23)c1. The number of hydrogen-bond acceptors (Lipinski definition) is 3. The smallest absolute Gasteiger partial charge is 0.137 e. The van der Waals surface area contributed by atoms with Gasteiger partial charge in [-0.15, -0.1) is 0 Å². The second-order valence-electron chi connectivity index (χ2n) is 19.1. The normalized spacial score (nSPS) is 18.6. The lowest BCUT2D eigenvalue weighted by Gasteiger charge is -2.43. The highest BCUT2D eigenvalue weighted by atomic mass is 35.5. The van der Waals surface area contributed by atoms with Crippen molar-refractivity contribution in [3.63, 3.8) is 0 Å². The second-order valence-corrected chi connectivity index (χ2v) is 19.6. The zero-order chi connectivity index (χ0) is 42.6. The third-order valence-electron chi connectivity index (χ3n) is 13.3. The zero-order valence-electron chi connectivity index (χ0n) is 37.6. The Morgan fingerprint density at radius 3 is 1.61 bits per heavy atom. The minimum Gasteiger partial charge on any atom is -0.456 e. The molecule has 0 unspecified atom stereocenters. The van der Waals surface area contributed by atoms with E-state index in [2.05, 4.69) is 120 Å². The first-order valence-corrected chi connectivity index (χ1v) is 20.8. The van der Waals surface area contributed by atoms with Gasteiger partial charge in [0.05, 0.1) is 11.1 Å². The third-order valence-corrected chi connectivity index (χ3v) is 13.5. The molecule has 9 rings (SSSR count). The van der Waals surface area contributed by atoms with Gasteiger partial charge in [-0.2, -0.15) is 0 Å². The first-order chi connectivity index (χ1) is 28.2. The maximum atomic E-state index is 8.92. The van der Waals surface area contributed by atoms with E-state index in [-0.39, 0.29) is 27.2 Å². The molecule has 1 aromatic heterocycles. The van der Waals surface area contributed by atoms with E-state index in [4.69, 9.17) is 20.1 Å². The summed E-state index contributed by atoms with van der Waals surface area (Å²) in [6.07, 6.45) is 4.40. The summed E-state index contributed by atoms with van der Waals surface area (Å²) in [7, 11) is 0. The number of anilines is 6. The van der Waals surface area contributed by atoms with E-state index in [1.165, 1.54) is 22.3 Å². The van der Waals surface area contributed by atoms with Crippen molar-refractivity contribution in [2.45, 2.75) is 110 Å². The number of benzene rings is 6. The quantitative estimate of drug-likeness (QED) is 0.168. The van der Waals surface area contributed by atoms with Crippen molar-refractivity contribution in [1.82, 2.24) is 0 Å². The van der Waals surface area contributed by atoms with E-state index < -0.39 is 6.85 Å². The number of para-hydroxylation sites is 1. The molecule has 0 aliphatic heterocycles. The van der Waals surface area contributed by atoms with E-state index in [0.29, 0.717) is 10.7 Å². The Morgan fingerprint density at radius 2 is 1.02 bits per heavy atom. The van der Waals surface area contributed by atoms with Crippen LogP contribution in [0.4, 0.5) is 34.1 Å². The molecule has 0 saturated heterocycles. The summed E-state index contributed by atoms with van der Waals surface area (Å²) in [5, 5.41) is 2.49. The predicted molar refractivity (Wildman–Crippen MR) is 243 cm³/mol. The highest BCUT2D eigenvalue weighted by Gasteiger charge is 2.39. The van der Waals surface area contributed by atoms with Crippen LogP contribution >= 0.6 is 11.6 Å². The largest absolute Gasteiger partial charge is 0.456 e. The van der Waals surface area contributed by atoms with Crippen LogP contribution in [0.25, 0.3) is 21.9 Å². The summed E-state index contributed by atoms with van der Waals surface area (Å²) >= 11 is 6.76. The lowest BCUT2D eigenvalue weighted by molar-refractivity contribution is 0.332. The molecule has 290 valence electrons. The highest BCUT2D eigenvalue weighted by Crippen LogP contribution is 2.52. The molecule has 4 heteroatoms. The Labute approximate surface area is 348 Å². The van der Waals surface area contributed by atoms with E-state index in [1.54, 1.807) is 0 Å². The van der Waals surface area contributed by atoms with E-state index >= 15 is 0 Å². The van der Waals surface area contributed by atoms with Gasteiger partial charge in [0.1, 0.15) is 11.2 Å². The fourth-order valence-corrected chi connectivity index (χ4v) is 9.90. The molecular weight excluding hydrogens is 716 g/mol. The average Bonchev–Trinajstić information content (AvgIpc) is 3.58. The predicted octanol–water partition coefficient (Wildman–Crippen LogP) is 16.2. The van der Waals surface area contributed by atoms with Gasteiger partial charge >= 0.3 is 0 Å². The molecule has 0 fully saturated rings. The minimum absolute atomic E-state index is 0.0322. The first kappa shape index (κ1) is 34.1. The topological polar surface area (TPSA) is 19.6 Å². The van der Waals surface area contributed by atoms with Gasteiger partial charge < -0.3 is 14.2 Å². The van der Waals surface area contributed by atoms with Crippen molar-refractivity contribution >= 4 is 67.7 Å². The van der Waals surface area contributed by atoms with E-state index in [1.807, 2.05) is 66.7 Å². The molecule has 0 bridgehead atoms. The van der Waals surface area contributed by atoms with Crippen molar-refractivity contribution in [3.05, 3.63) is 154 Å². The molecule has 7 aromatic rings. The van der Waals surface area contributed by atoms with Crippen LogP contribution in [0.1, 0.15) is 113 Å². The van der Waals surface area contributed by atoms with Gasteiger partial charge in [0.25, 0.3) is 0 Å². The Hall–Kier alpha value is -4.99. The van der Waals surface area contributed by atoms with Crippen molar-refractivity contribution in [2.75, 3.05) is 9.80 Å². The van der Waals surface area contributed by atoms with Crippen LogP contribution in [0.2, 0.25) is 5.02 Å². The second kappa shape index (κ2) is 13.3. The average molecular weight is 775 g/mol. The minimum atomic E-state index is -2.41.